The normalized spacial score (nSPS) is 13.0. The number of hydrogen-bond donors (Lipinski definition) is 2. The van der Waals surface area contributed by atoms with Crippen LogP contribution in [0, 0.1) is 6.92 Å². The predicted octanol–water partition coefficient (Wildman–Crippen LogP) is 5.51. The smallest absolute Gasteiger partial charge is 0.339 e. The van der Waals surface area contributed by atoms with Crippen LogP contribution in [0.25, 0.3) is 22.0 Å². The molecular formula is C28H27N3O4. The van der Waals surface area contributed by atoms with Gasteiger partial charge >= 0.3 is 5.97 Å². The summed E-state index contributed by atoms with van der Waals surface area (Å²) in [7, 11) is 1.70. The first-order chi connectivity index (χ1) is 17.0. The second-order valence-corrected chi connectivity index (χ2v) is 8.70. The highest BCUT2D eigenvalue weighted by molar-refractivity contribution is 5.92. The van der Waals surface area contributed by atoms with E-state index in [1.165, 1.54) is 22.8 Å². The Balaban J connectivity index is 1.34. The number of carboxylic acids is 1. The highest BCUT2D eigenvalue weighted by Crippen LogP contribution is 2.33. The number of ether oxygens (including phenoxy) is 2. The van der Waals surface area contributed by atoms with Crippen molar-refractivity contribution in [2.45, 2.75) is 32.3 Å². The molecule has 178 valence electrons. The van der Waals surface area contributed by atoms with Crippen LogP contribution >= 0.6 is 0 Å². The van der Waals surface area contributed by atoms with E-state index in [2.05, 4.69) is 46.5 Å². The average molecular weight is 470 g/mol. The predicted molar refractivity (Wildman–Crippen MR) is 136 cm³/mol. The van der Waals surface area contributed by atoms with Crippen molar-refractivity contribution >= 4 is 22.6 Å². The number of benzene rings is 3. The number of aryl methyl sites for hydroxylation is 1. The zero-order valence-corrected chi connectivity index (χ0v) is 19.7. The molecule has 0 spiro atoms. The van der Waals surface area contributed by atoms with Crippen LogP contribution in [0.5, 0.6) is 11.5 Å². The summed E-state index contributed by atoms with van der Waals surface area (Å²) in [5.41, 5.74) is 4.02. The Morgan fingerprint density at radius 1 is 1.09 bits per heavy atom. The lowest BCUT2D eigenvalue weighted by molar-refractivity contribution is 0.0692. The van der Waals surface area contributed by atoms with Gasteiger partial charge in [0.05, 0.1) is 18.9 Å². The molecule has 0 aliphatic heterocycles. The molecule has 35 heavy (non-hydrogen) atoms. The van der Waals surface area contributed by atoms with Crippen molar-refractivity contribution in [3.05, 3.63) is 77.6 Å². The van der Waals surface area contributed by atoms with Gasteiger partial charge in [0, 0.05) is 18.2 Å². The van der Waals surface area contributed by atoms with Crippen LogP contribution in [0.2, 0.25) is 0 Å². The number of fused-ring (bicyclic) bond motifs is 1. The average Bonchev–Trinajstić information content (AvgIpc) is 3.69. The Bertz CT molecular complexity index is 1400. The van der Waals surface area contributed by atoms with Crippen molar-refractivity contribution < 1.29 is 19.4 Å². The first-order valence-corrected chi connectivity index (χ1v) is 11.7. The zero-order valence-electron chi connectivity index (χ0n) is 19.7. The van der Waals surface area contributed by atoms with Gasteiger partial charge in [-0.2, -0.15) is 0 Å². The molecule has 0 atom stereocenters. The lowest BCUT2D eigenvalue weighted by Gasteiger charge is -2.15. The van der Waals surface area contributed by atoms with Crippen molar-refractivity contribution in [3.63, 3.8) is 0 Å². The van der Waals surface area contributed by atoms with Crippen LogP contribution in [0.4, 0.5) is 5.82 Å². The first-order valence-electron chi connectivity index (χ1n) is 11.7. The van der Waals surface area contributed by atoms with E-state index in [1.54, 1.807) is 25.3 Å². The Kier molecular flexibility index (Phi) is 6.23. The van der Waals surface area contributed by atoms with Crippen molar-refractivity contribution in [1.82, 2.24) is 9.97 Å². The SMILES string of the molecule is COc1cc2ccccc2c(C)c1CCNc1cc(-c2ccc(C(=O)O)c(OC3CC3)c2)ncn1. The number of nitrogens with zero attached hydrogens (tertiary/aromatic N) is 2. The minimum absolute atomic E-state index is 0.0986. The molecule has 7 heteroatoms. The molecule has 7 nitrogen and oxygen atoms in total. The van der Waals surface area contributed by atoms with E-state index in [0.29, 0.717) is 23.8 Å². The molecule has 1 aromatic heterocycles. The standard InChI is InChI=1S/C28H27N3O4/c1-17-21-6-4-3-5-18(21)13-25(34-2)22(17)11-12-29-27-15-24(30-16-31-27)19-7-10-23(28(32)33)26(14-19)35-20-8-9-20/h3-7,10,13-16,20H,8-9,11-12H2,1-2H3,(H,32,33)(H,29,30,31). The highest BCUT2D eigenvalue weighted by atomic mass is 16.5. The molecule has 1 fully saturated rings. The third-order valence-electron chi connectivity index (χ3n) is 6.30. The number of carboxylic acid groups (broad SMARTS) is 1. The monoisotopic (exact) mass is 469 g/mol. The molecule has 1 saturated carbocycles. The van der Waals surface area contributed by atoms with E-state index in [9.17, 15) is 9.90 Å². The summed E-state index contributed by atoms with van der Waals surface area (Å²) < 4.78 is 11.5. The zero-order chi connectivity index (χ0) is 24.4. The second-order valence-electron chi connectivity index (χ2n) is 8.70. The van der Waals surface area contributed by atoms with Gasteiger partial charge in [0.15, 0.2) is 0 Å². The molecular weight excluding hydrogens is 442 g/mol. The number of anilines is 1. The summed E-state index contributed by atoms with van der Waals surface area (Å²) in [5.74, 6) is 0.952. The largest absolute Gasteiger partial charge is 0.496 e. The van der Waals surface area contributed by atoms with Crippen LogP contribution in [-0.2, 0) is 6.42 Å². The molecule has 0 amide bonds. The van der Waals surface area contributed by atoms with Crippen molar-refractivity contribution in [3.8, 4) is 22.8 Å². The quantitative estimate of drug-likeness (QED) is 0.334. The van der Waals surface area contributed by atoms with E-state index in [4.69, 9.17) is 9.47 Å². The van der Waals surface area contributed by atoms with Gasteiger partial charge in [-0.1, -0.05) is 30.3 Å². The summed E-state index contributed by atoms with van der Waals surface area (Å²) in [5, 5.41) is 15.3. The third kappa shape index (κ3) is 4.89. The van der Waals surface area contributed by atoms with Crippen molar-refractivity contribution in [1.29, 1.82) is 0 Å². The van der Waals surface area contributed by atoms with Crippen LogP contribution in [0.1, 0.15) is 34.3 Å². The molecule has 4 aromatic rings. The maximum atomic E-state index is 11.6. The summed E-state index contributed by atoms with van der Waals surface area (Å²) in [4.78, 5) is 20.3. The minimum atomic E-state index is -1.00. The number of aromatic nitrogens is 2. The van der Waals surface area contributed by atoms with Gasteiger partial charge in [-0.3, -0.25) is 0 Å². The lowest BCUT2D eigenvalue weighted by atomic mass is 9.97. The van der Waals surface area contributed by atoms with Crippen LogP contribution in [0.15, 0.2) is 60.9 Å². The number of aromatic carboxylic acids is 1. The summed E-state index contributed by atoms with van der Waals surface area (Å²) >= 11 is 0. The van der Waals surface area contributed by atoms with Crippen molar-refractivity contribution in [2.75, 3.05) is 19.0 Å². The maximum absolute atomic E-state index is 11.6. The molecule has 2 N–H and O–H groups in total. The number of rotatable bonds is 9. The van der Waals surface area contributed by atoms with E-state index >= 15 is 0 Å². The van der Waals surface area contributed by atoms with Gasteiger partial charge in [-0.25, -0.2) is 14.8 Å². The van der Waals surface area contributed by atoms with Gasteiger partial charge in [0.1, 0.15) is 29.2 Å². The number of hydrogen-bond acceptors (Lipinski definition) is 6. The first kappa shape index (κ1) is 22.7. The molecule has 0 bridgehead atoms. The molecule has 0 saturated heterocycles. The van der Waals surface area contributed by atoms with Crippen molar-refractivity contribution in [2.24, 2.45) is 0 Å². The van der Waals surface area contributed by atoms with E-state index < -0.39 is 5.97 Å². The summed E-state index contributed by atoms with van der Waals surface area (Å²) in [6.45, 7) is 2.80. The molecule has 5 rings (SSSR count). The van der Waals surface area contributed by atoms with Gasteiger partial charge in [-0.15, -0.1) is 0 Å². The summed E-state index contributed by atoms with van der Waals surface area (Å²) in [6, 6.07) is 17.3. The van der Waals surface area contributed by atoms with E-state index in [0.717, 1.165) is 36.0 Å². The Labute approximate surface area is 203 Å². The number of carbonyl (C=O) groups is 1. The third-order valence-corrected chi connectivity index (χ3v) is 6.30. The molecule has 0 unspecified atom stereocenters. The minimum Gasteiger partial charge on any atom is -0.496 e. The van der Waals surface area contributed by atoms with Gasteiger partial charge in [-0.05, 0) is 66.3 Å². The van der Waals surface area contributed by atoms with Gasteiger partial charge in [0.2, 0.25) is 0 Å². The Morgan fingerprint density at radius 2 is 1.91 bits per heavy atom. The molecule has 1 aliphatic rings. The fourth-order valence-electron chi connectivity index (χ4n) is 4.28. The second kappa shape index (κ2) is 9.62. The topological polar surface area (TPSA) is 93.6 Å². The van der Waals surface area contributed by atoms with Gasteiger partial charge < -0.3 is 19.9 Å². The fraction of sp³-hybridized carbons (Fsp3) is 0.250. The van der Waals surface area contributed by atoms with E-state index in [1.807, 2.05) is 12.1 Å². The number of methoxy groups -OCH3 is 1. The summed E-state index contributed by atoms with van der Waals surface area (Å²) in [6.07, 6.45) is 4.28. The highest BCUT2D eigenvalue weighted by Gasteiger charge is 2.26. The molecule has 1 heterocycles. The van der Waals surface area contributed by atoms with E-state index in [-0.39, 0.29) is 11.7 Å². The maximum Gasteiger partial charge on any atom is 0.339 e. The Morgan fingerprint density at radius 3 is 2.69 bits per heavy atom. The van der Waals surface area contributed by atoms with Gasteiger partial charge in [0.25, 0.3) is 0 Å². The van der Waals surface area contributed by atoms with Crippen LogP contribution in [-0.4, -0.2) is 40.8 Å². The molecule has 1 aliphatic carbocycles. The van der Waals surface area contributed by atoms with Crippen LogP contribution in [0.3, 0.4) is 0 Å². The van der Waals surface area contributed by atoms with Crippen LogP contribution < -0.4 is 14.8 Å². The lowest BCUT2D eigenvalue weighted by Crippen LogP contribution is -2.09. The fourth-order valence-corrected chi connectivity index (χ4v) is 4.28. The molecule has 3 aromatic carbocycles. The molecule has 0 radical (unpaired) electrons. The Hall–Kier alpha value is -4.13. The number of nitrogens with one attached hydrogen (secondary N) is 1.